The number of primary amides is 1. The van der Waals surface area contributed by atoms with E-state index < -0.39 is 11.7 Å². The number of hydrogen-bond acceptors (Lipinski definition) is 4. The molecule has 0 aromatic heterocycles. The maximum absolute atomic E-state index is 11.2. The highest BCUT2D eigenvalue weighted by Crippen LogP contribution is 2.43. The van der Waals surface area contributed by atoms with Gasteiger partial charge < -0.3 is 5.73 Å². The molecule has 0 radical (unpaired) electrons. The molecule has 80 valence electrons. The molecule has 1 aliphatic carbocycles. The van der Waals surface area contributed by atoms with Gasteiger partial charge in [-0.25, -0.2) is 0 Å². The fraction of sp³-hybridized carbons (Fsp3) is 0.700. The summed E-state index contributed by atoms with van der Waals surface area (Å²) in [6.45, 7) is 3.28. The van der Waals surface area contributed by atoms with Crippen molar-refractivity contribution in [3.63, 3.8) is 0 Å². The summed E-state index contributed by atoms with van der Waals surface area (Å²) in [6, 6.07) is 2.38. The van der Waals surface area contributed by atoms with Gasteiger partial charge in [0.15, 0.2) is 0 Å². The van der Waals surface area contributed by atoms with E-state index in [9.17, 15) is 9.59 Å². The minimum atomic E-state index is -0.842. The van der Waals surface area contributed by atoms with E-state index in [2.05, 4.69) is 11.0 Å². The number of likely N-dealkylation sites (tertiary alicyclic amines) is 1. The summed E-state index contributed by atoms with van der Waals surface area (Å²) >= 11 is 0. The molecule has 0 aromatic rings. The van der Waals surface area contributed by atoms with Crippen molar-refractivity contribution in [2.75, 3.05) is 13.1 Å². The molecule has 1 saturated heterocycles. The van der Waals surface area contributed by atoms with Crippen molar-refractivity contribution < 1.29 is 9.59 Å². The topological polar surface area (TPSA) is 87.2 Å². The van der Waals surface area contributed by atoms with Crippen LogP contribution in [0.2, 0.25) is 0 Å². The number of amides is 1. The lowest BCUT2D eigenvalue weighted by molar-refractivity contribution is -0.137. The molecule has 2 unspecified atom stereocenters. The minimum absolute atomic E-state index is 0.145. The van der Waals surface area contributed by atoms with Crippen LogP contribution in [0.15, 0.2) is 0 Å². The number of Topliss-reactive ketones (excluding diaryl/α,β-unsaturated/α-hetero) is 1. The minimum Gasteiger partial charge on any atom is -0.363 e. The Kier molecular flexibility index (Phi) is 2.05. The van der Waals surface area contributed by atoms with Crippen LogP contribution in [0.25, 0.3) is 0 Å². The Morgan fingerprint density at radius 3 is 2.60 bits per heavy atom. The molecule has 15 heavy (non-hydrogen) atoms. The smallest absolute Gasteiger partial charge is 0.285 e. The molecule has 1 saturated carbocycles. The van der Waals surface area contributed by atoms with E-state index in [0.717, 1.165) is 0 Å². The summed E-state index contributed by atoms with van der Waals surface area (Å²) in [5.41, 5.74) is 4.64. The van der Waals surface area contributed by atoms with Gasteiger partial charge in [-0.05, 0) is 13.3 Å². The van der Waals surface area contributed by atoms with E-state index in [4.69, 9.17) is 11.0 Å². The summed E-state index contributed by atoms with van der Waals surface area (Å²) in [5, 5.41) is 8.81. The number of ketones is 1. The maximum atomic E-state index is 11.2. The van der Waals surface area contributed by atoms with Crippen LogP contribution in [-0.2, 0) is 9.59 Å². The molecule has 2 rings (SSSR count). The van der Waals surface area contributed by atoms with Crippen molar-refractivity contribution in [3.8, 4) is 6.07 Å². The lowest BCUT2D eigenvalue weighted by Crippen LogP contribution is -2.55. The zero-order chi connectivity index (χ0) is 11.2. The summed E-state index contributed by atoms with van der Waals surface area (Å²) in [7, 11) is 0. The van der Waals surface area contributed by atoms with Crippen molar-refractivity contribution in [1.82, 2.24) is 4.90 Å². The third-order valence-corrected chi connectivity index (χ3v) is 3.18. The Bertz CT molecular complexity index is 365. The first-order valence-electron chi connectivity index (χ1n) is 4.96. The summed E-state index contributed by atoms with van der Waals surface area (Å²) in [4.78, 5) is 23.9. The molecule has 2 aliphatic rings. The first-order valence-corrected chi connectivity index (χ1v) is 4.96. The number of nitriles is 1. The van der Waals surface area contributed by atoms with Crippen LogP contribution in [-0.4, -0.2) is 35.7 Å². The quantitative estimate of drug-likeness (QED) is 0.618. The third kappa shape index (κ3) is 1.61. The van der Waals surface area contributed by atoms with Gasteiger partial charge in [-0.2, -0.15) is 5.26 Å². The van der Waals surface area contributed by atoms with Crippen molar-refractivity contribution in [1.29, 1.82) is 5.26 Å². The van der Waals surface area contributed by atoms with Gasteiger partial charge in [-0.3, -0.25) is 14.5 Å². The summed E-state index contributed by atoms with van der Waals surface area (Å²) in [6.07, 6.45) is 0.712. The lowest BCUT2D eigenvalue weighted by atomic mass is 9.83. The van der Waals surface area contributed by atoms with E-state index in [0.29, 0.717) is 19.5 Å². The zero-order valence-corrected chi connectivity index (χ0v) is 8.56. The van der Waals surface area contributed by atoms with Crippen molar-refractivity contribution in [2.45, 2.75) is 19.4 Å². The highest BCUT2D eigenvalue weighted by molar-refractivity contribution is 6.37. The molecule has 2 atom stereocenters. The van der Waals surface area contributed by atoms with Crippen LogP contribution in [0.5, 0.6) is 0 Å². The zero-order valence-electron chi connectivity index (χ0n) is 8.56. The fourth-order valence-electron chi connectivity index (χ4n) is 2.21. The molecule has 1 aliphatic heterocycles. The molecular formula is C10H13N3O2. The Morgan fingerprint density at radius 1 is 1.53 bits per heavy atom. The standard InChI is InChI=1S/C10H13N3O2/c1-10(3-11)4-13(5-10)7-2-6(7)8(14)9(12)15/h6-7H,2,4-5H2,1H3,(H2,12,15). The number of carbonyl (C=O) groups is 2. The number of nitrogens with two attached hydrogens (primary N) is 1. The second-order valence-electron chi connectivity index (χ2n) is 4.72. The van der Waals surface area contributed by atoms with Gasteiger partial charge in [0.1, 0.15) is 0 Å². The molecule has 0 aromatic carbocycles. The Hall–Kier alpha value is -1.41. The van der Waals surface area contributed by atoms with Gasteiger partial charge in [0.05, 0.1) is 11.5 Å². The SMILES string of the molecule is CC1(C#N)CN(C2CC2C(=O)C(N)=O)C1. The average Bonchev–Trinajstić information content (AvgIpc) is 2.91. The summed E-state index contributed by atoms with van der Waals surface area (Å²) in [5.74, 6) is -1.53. The van der Waals surface area contributed by atoms with E-state index in [1.165, 1.54) is 0 Å². The number of rotatable bonds is 3. The number of carbonyl (C=O) groups excluding carboxylic acids is 2. The second kappa shape index (κ2) is 3.04. The number of hydrogen-bond donors (Lipinski definition) is 1. The van der Waals surface area contributed by atoms with Gasteiger partial charge in [0.2, 0.25) is 5.78 Å². The van der Waals surface area contributed by atoms with Crippen LogP contribution in [0.3, 0.4) is 0 Å². The largest absolute Gasteiger partial charge is 0.363 e. The average molecular weight is 207 g/mol. The van der Waals surface area contributed by atoms with Crippen LogP contribution in [0.1, 0.15) is 13.3 Å². The molecule has 5 heteroatoms. The lowest BCUT2D eigenvalue weighted by Gasteiger charge is -2.43. The van der Waals surface area contributed by atoms with Crippen molar-refractivity contribution in [2.24, 2.45) is 17.1 Å². The predicted octanol–water partition coefficient (Wildman–Crippen LogP) is -0.725. The maximum Gasteiger partial charge on any atom is 0.285 e. The van der Waals surface area contributed by atoms with E-state index >= 15 is 0 Å². The first kappa shape index (κ1) is 10.1. The van der Waals surface area contributed by atoms with Crippen molar-refractivity contribution >= 4 is 11.7 Å². The van der Waals surface area contributed by atoms with Crippen LogP contribution in [0.4, 0.5) is 0 Å². The van der Waals surface area contributed by atoms with Gasteiger partial charge in [-0.1, -0.05) is 0 Å². The molecule has 5 nitrogen and oxygen atoms in total. The molecule has 0 spiro atoms. The molecule has 2 fully saturated rings. The van der Waals surface area contributed by atoms with Gasteiger partial charge in [0.25, 0.3) is 5.91 Å². The summed E-state index contributed by atoms with van der Waals surface area (Å²) < 4.78 is 0. The van der Waals surface area contributed by atoms with Crippen LogP contribution in [0, 0.1) is 22.7 Å². The highest BCUT2D eigenvalue weighted by atomic mass is 16.2. The normalized spacial score (nSPS) is 32.5. The predicted molar refractivity (Wildman–Crippen MR) is 51.4 cm³/mol. The number of nitrogens with zero attached hydrogens (tertiary/aromatic N) is 2. The van der Waals surface area contributed by atoms with Gasteiger partial charge in [0, 0.05) is 25.0 Å². The molecular weight excluding hydrogens is 194 g/mol. The third-order valence-electron chi connectivity index (χ3n) is 3.18. The van der Waals surface area contributed by atoms with Crippen LogP contribution >= 0.6 is 0 Å². The first-order chi connectivity index (χ1) is 6.97. The Balaban J connectivity index is 1.85. The monoisotopic (exact) mass is 207 g/mol. The van der Waals surface area contributed by atoms with E-state index in [1.807, 2.05) is 6.92 Å². The van der Waals surface area contributed by atoms with Crippen molar-refractivity contribution in [3.05, 3.63) is 0 Å². The molecule has 2 N–H and O–H groups in total. The molecule has 1 heterocycles. The van der Waals surface area contributed by atoms with Gasteiger partial charge in [-0.15, -0.1) is 0 Å². The fourth-order valence-corrected chi connectivity index (χ4v) is 2.21. The second-order valence-corrected chi connectivity index (χ2v) is 4.72. The van der Waals surface area contributed by atoms with Gasteiger partial charge >= 0.3 is 0 Å². The Morgan fingerprint density at radius 2 is 2.13 bits per heavy atom. The molecule has 0 bridgehead atoms. The molecule has 1 amide bonds. The van der Waals surface area contributed by atoms with E-state index in [1.54, 1.807) is 0 Å². The highest BCUT2D eigenvalue weighted by Gasteiger charge is 2.54. The Labute approximate surface area is 87.8 Å². The van der Waals surface area contributed by atoms with E-state index in [-0.39, 0.29) is 17.4 Å². The van der Waals surface area contributed by atoms with Crippen LogP contribution < -0.4 is 5.73 Å².